The minimum Gasteiger partial charge on any atom is -0.480 e. The summed E-state index contributed by atoms with van der Waals surface area (Å²) in [5.41, 5.74) is 16.6. The quantitative estimate of drug-likeness (QED) is 0.153. The molecule has 0 aromatic carbocycles. The van der Waals surface area contributed by atoms with Crippen LogP contribution in [0.2, 0.25) is 0 Å². The molecule has 0 saturated carbocycles. The molecule has 2 heterocycles. The fourth-order valence-electron chi connectivity index (χ4n) is 4.01. The number of carbonyl (C=O) groups excluding carboxylic acids is 3. The van der Waals surface area contributed by atoms with Gasteiger partial charge in [-0.2, -0.15) is 0 Å². The normalized spacial score (nSPS) is 22.6. The number of carboxylic acid groups (broad SMARTS) is 1. The number of amides is 3. The zero-order valence-electron chi connectivity index (χ0n) is 17.8. The van der Waals surface area contributed by atoms with Gasteiger partial charge in [-0.15, -0.1) is 0 Å². The molecule has 4 unspecified atom stereocenters. The number of rotatable bonds is 9. The van der Waals surface area contributed by atoms with E-state index >= 15 is 0 Å². The fraction of sp³-hybridized carbons (Fsp3) is 0.737. The number of nitrogens with two attached hydrogens (primary N) is 3. The van der Waals surface area contributed by atoms with Gasteiger partial charge in [0.15, 0.2) is 5.96 Å². The first-order valence-electron chi connectivity index (χ1n) is 10.6. The molecule has 0 spiro atoms. The third-order valence-electron chi connectivity index (χ3n) is 5.67. The maximum absolute atomic E-state index is 13.2. The van der Waals surface area contributed by atoms with Crippen molar-refractivity contribution >= 4 is 29.7 Å². The molecular weight excluding hydrogens is 406 g/mol. The number of hydrogen-bond donors (Lipinski definition) is 5. The first-order chi connectivity index (χ1) is 14.6. The van der Waals surface area contributed by atoms with E-state index in [1.807, 2.05) is 0 Å². The predicted molar refractivity (Wildman–Crippen MR) is 113 cm³/mol. The van der Waals surface area contributed by atoms with E-state index in [1.54, 1.807) is 0 Å². The number of carbonyl (C=O) groups is 4. The largest absolute Gasteiger partial charge is 0.480 e. The Morgan fingerprint density at radius 3 is 2.32 bits per heavy atom. The molecule has 0 aliphatic carbocycles. The SMILES string of the molecule is CC(NC(=O)C1CCCN1C(=O)C1CCCN1C(=O)C(N)CCCN=C(N)N)C(=O)O. The lowest BCUT2D eigenvalue weighted by atomic mass is 10.1. The highest BCUT2D eigenvalue weighted by Crippen LogP contribution is 2.25. The van der Waals surface area contributed by atoms with Crippen molar-refractivity contribution in [2.75, 3.05) is 19.6 Å². The van der Waals surface area contributed by atoms with Gasteiger partial charge in [0.1, 0.15) is 18.1 Å². The van der Waals surface area contributed by atoms with Gasteiger partial charge < -0.3 is 37.4 Å². The summed E-state index contributed by atoms with van der Waals surface area (Å²) in [5, 5.41) is 11.4. The van der Waals surface area contributed by atoms with Crippen molar-refractivity contribution in [3.63, 3.8) is 0 Å². The van der Waals surface area contributed by atoms with Gasteiger partial charge in [0.2, 0.25) is 17.7 Å². The number of nitrogens with one attached hydrogen (secondary N) is 1. The molecular formula is C19H33N7O5. The van der Waals surface area contributed by atoms with Crippen LogP contribution in [0.15, 0.2) is 4.99 Å². The number of hydrogen-bond acceptors (Lipinski definition) is 6. The summed E-state index contributed by atoms with van der Waals surface area (Å²) in [6, 6.07) is -3.22. The summed E-state index contributed by atoms with van der Waals surface area (Å²) in [5.74, 6) is -2.26. The van der Waals surface area contributed by atoms with E-state index in [-0.39, 0.29) is 17.8 Å². The number of guanidine groups is 1. The minimum absolute atomic E-state index is 0.0212. The zero-order chi connectivity index (χ0) is 23.1. The van der Waals surface area contributed by atoms with Crippen LogP contribution in [0.1, 0.15) is 45.4 Å². The van der Waals surface area contributed by atoms with Gasteiger partial charge in [-0.25, -0.2) is 0 Å². The molecule has 0 aromatic heterocycles. The van der Waals surface area contributed by atoms with Crippen LogP contribution in [-0.4, -0.2) is 88.4 Å². The maximum Gasteiger partial charge on any atom is 0.325 e. The number of likely N-dealkylation sites (tertiary alicyclic amines) is 2. The lowest BCUT2D eigenvalue weighted by Gasteiger charge is -2.32. The first-order valence-corrected chi connectivity index (χ1v) is 10.6. The van der Waals surface area contributed by atoms with E-state index in [1.165, 1.54) is 16.7 Å². The summed E-state index contributed by atoms with van der Waals surface area (Å²) < 4.78 is 0. The highest BCUT2D eigenvalue weighted by Gasteiger charge is 2.43. The Kier molecular flexibility index (Phi) is 8.60. The van der Waals surface area contributed by atoms with Crippen molar-refractivity contribution in [2.45, 2.75) is 69.6 Å². The summed E-state index contributed by atoms with van der Waals surface area (Å²) >= 11 is 0. The molecule has 2 aliphatic rings. The Morgan fingerprint density at radius 1 is 1.10 bits per heavy atom. The van der Waals surface area contributed by atoms with E-state index in [2.05, 4.69) is 10.3 Å². The van der Waals surface area contributed by atoms with Crippen molar-refractivity contribution in [2.24, 2.45) is 22.2 Å². The Bertz CT molecular complexity index is 724. The molecule has 8 N–H and O–H groups in total. The fourth-order valence-corrected chi connectivity index (χ4v) is 4.01. The van der Waals surface area contributed by atoms with Gasteiger partial charge in [0, 0.05) is 19.6 Å². The lowest BCUT2D eigenvalue weighted by Crippen LogP contribution is -2.56. The second-order valence-electron chi connectivity index (χ2n) is 8.00. The van der Waals surface area contributed by atoms with Gasteiger partial charge in [0.25, 0.3) is 0 Å². The first kappa shape index (κ1) is 24.4. The summed E-state index contributed by atoms with van der Waals surface area (Å²) in [4.78, 5) is 56.4. The van der Waals surface area contributed by atoms with E-state index < -0.39 is 36.0 Å². The summed E-state index contributed by atoms with van der Waals surface area (Å²) in [7, 11) is 0. The molecule has 174 valence electrons. The van der Waals surface area contributed by atoms with Crippen LogP contribution < -0.4 is 22.5 Å². The molecule has 0 bridgehead atoms. The van der Waals surface area contributed by atoms with E-state index in [0.717, 1.165) is 0 Å². The third-order valence-corrected chi connectivity index (χ3v) is 5.67. The topological polar surface area (TPSA) is 197 Å². The molecule has 3 amide bonds. The number of nitrogens with zero attached hydrogens (tertiary/aromatic N) is 3. The van der Waals surface area contributed by atoms with Crippen LogP contribution in [0.25, 0.3) is 0 Å². The Hall–Kier alpha value is -2.89. The van der Waals surface area contributed by atoms with Crippen molar-refractivity contribution in [3.8, 4) is 0 Å². The van der Waals surface area contributed by atoms with Crippen molar-refractivity contribution in [1.82, 2.24) is 15.1 Å². The number of aliphatic carboxylic acids is 1. The maximum atomic E-state index is 13.2. The Balaban J connectivity index is 1.99. The van der Waals surface area contributed by atoms with Crippen LogP contribution in [0.4, 0.5) is 0 Å². The van der Waals surface area contributed by atoms with Crippen LogP contribution in [0.3, 0.4) is 0 Å². The molecule has 2 saturated heterocycles. The number of carboxylic acids is 1. The smallest absolute Gasteiger partial charge is 0.325 e. The molecule has 2 rings (SSSR count). The molecule has 2 aliphatic heterocycles. The third kappa shape index (κ3) is 6.29. The molecule has 12 nitrogen and oxygen atoms in total. The highest BCUT2D eigenvalue weighted by atomic mass is 16.4. The average molecular weight is 440 g/mol. The van der Waals surface area contributed by atoms with Gasteiger partial charge in [0.05, 0.1) is 6.04 Å². The van der Waals surface area contributed by atoms with Gasteiger partial charge in [-0.05, 0) is 45.4 Å². The molecule has 0 aromatic rings. The van der Waals surface area contributed by atoms with Crippen LogP contribution in [-0.2, 0) is 19.2 Å². The zero-order valence-corrected chi connectivity index (χ0v) is 17.8. The molecule has 2 fully saturated rings. The van der Waals surface area contributed by atoms with Gasteiger partial charge in [-0.1, -0.05) is 0 Å². The minimum atomic E-state index is -1.15. The Morgan fingerprint density at radius 2 is 1.71 bits per heavy atom. The van der Waals surface area contributed by atoms with Crippen molar-refractivity contribution < 1.29 is 24.3 Å². The van der Waals surface area contributed by atoms with Gasteiger partial charge >= 0.3 is 5.97 Å². The van der Waals surface area contributed by atoms with Crippen molar-refractivity contribution in [1.29, 1.82) is 0 Å². The molecule has 0 radical (unpaired) electrons. The highest BCUT2D eigenvalue weighted by molar-refractivity contribution is 5.94. The van der Waals surface area contributed by atoms with E-state index in [0.29, 0.717) is 58.2 Å². The van der Waals surface area contributed by atoms with E-state index in [4.69, 9.17) is 22.3 Å². The molecule has 31 heavy (non-hydrogen) atoms. The number of aliphatic imine (C=N–C) groups is 1. The Labute approximate surface area is 181 Å². The standard InChI is InChI=1S/C19H33N7O5/c1-11(18(30)31)24-15(27)13-6-3-9-25(13)17(29)14-7-4-10-26(14)16(28)12(20)5-2-8-23-19(21)22/h11-14H,2-10,20H2,1H3,(H,24,27)(H,30,31)(H4,21,22,23). The van der Waals surface area contributed by atoms with Crippen LogP contribution >= 0.6 is 0 Å². The second kappa shape index (κ2) is 10.9. The van der Waals surface area contributed by atoms with Crippen LogP contribution in [0, 0.1) is 0 Å². The summed E-state index contributed by atoms with van der Waals surface area (Å²) in [6.45, 7) is 2.55. The molecule has 4 atom stereocenters. The summed E-state index contributed by atoms with van der Waals surface area (Å²) in [6.07, 6.45) is 3.18. The second-order valence-corrected chi connectivity index (χ2v) is 8.00. The average Bonchev–Trinajstić information content (AvgIpc) is 3.39. The van der Waals surface area contributed by atoms with Crippen LogP contribution in [0.5, 0.6) is 0 Å². The molecule has 12 heteroatoms. The predicted octanol–water partition coefficient (Wildman–Crippen LogP) is -2.06. The van der Waals surface area contributed by atoms with E-state index in [9.17, 15) is 19.2 Å². The van der Waals surface area contributed by atoms with Crippen molar-refractivity contribution in [3.05, 3.63) is 0 Å². The lowest BCUT2D eigenvalue weighted by molar-refractivity contribution is -0.148. The van der Waals surface area contributed by atoms with Gasteiger partial charge in [-0.3, -0.25) is 24.2 Å². The monoisotopic (exact) mass is 439 g/mol.